The first-order valence-corrected chi connectivity index (χ1v) is 4.78. The molecule has 0 unspecified atom stereocenters. The van der Waals surface area contributed by atoms with E-state index in [0.717, 1.165) is 0 Å². The molecule has 1 heterocycles. The summed E-state index contributed by atoms with van der Waals surface area (Å²) in [6.45, 7) is 2.96. The van der Waals surface area contributed by atoms with Crippen molar-refractivity contribution in [3.63, 3.8) is 0 Å². The van der Waals surface area contributed by atoms with Crippen molar-refractivity contribution in [1.82, 2.24) is 0 Å². The van der Waals surface area contributed by atoms with Crippen LogP contribution in [-0.2, 0) is 0 Å². The second-order valence-corrected chi connectivity index (χ2v) is 3.63. The van der Waals surface area contributed by atoms with E-state index >= 15 is 0 Å². The predicted octanol–water partition coefficient (Wildman–Crippen LogP) is 2.01. The third-order valence-corrected chi connectivity index (χ3v) is 2.50. The Morgan fingerprint density at radius 2 is 2.06 bits per heavy atom. The highest BCUT2D eigenvalue weighted by molar-refractivity contribution is 5.97. The number of rotatable bonds is 1. The van der Waals surface area contributed by atoms with Crippen molar-refractivity contribution in [1.29, 1.82) is 0 Å². The van der Waals surface area contributed by atoms with Crippen molar-refractivity contribution in [2.75, 3.05) is 0 Å². The number of phenols is 1. The van der Waals surface area contributed by atoms with Crippen LogP contribution in [-0.4, -0.2) is 10.9 Å². The topological polar surface area (TPSA) is 67.5 Å². The summed E-state index contributed by atoms with van der Waals surface area (Å²) in [6.07, 6.45) is 0. The zero-order chi connectivity index (χ0) is 11.9. The lowest BCUT2D eigenvalue weighted by Crippen LogP contribution is -2.11. The number of aryl methyl sites for hydroxylation is 1. The number of Topliss-reactive ketones (excluding diaryl/α,β-unsaturated/α-hetero) is 1. The zero-order valence-corrected chi connectivity index (χ0v) is 8.90. The Morgan fingerprint density at radius 3 is 2.69 bits per heavy atom. The molecule has 0 aliphatic carbocycles. The summed E-state index contributed by atoms with van der Waals surface area (Å²) in [6, 6.07) is 4.59. The van der Waals surface area contributed by atoms with Gasteiger partial charge in [0.1, 0.15) is 16.9 Å². The quantitative estimate of drug-likeness (QED) is 0.587. The molecule has 1 aromatic heterocycles. The predicted molar refractivity (Wildman–Crippen MR) is 58.9 cm³/mol. The van der Waals surface area contributed by atoms with E-state index in [9.17, 15) is 14.7 Å². The van der Waals surface area contributed by atoms with Crippen LogP contribution < -0.4 is 5.63 Å². The molecule has 0 spiro atoms. The van der Waals surface area contributed by atoms with E-state index in [1.54, 1.807) is 13.0 Å². The second-order valence-electron chi connectivity index (χ2n) is 3.63. The molecule has 4 heteroatoms. The van der Waals surface area contributed by atoms with Crippen molar-refractivity contribution in [2.45, 2.75) is 13.8 Å². The van der Waals surface area contributed by atoms with Crippen molar-refractivity contribution in [3.8, 4) is 5.75 Å². The van der Waals surface area contributed by atoms with Crippen LogP contribution in [0.5, 0.6) is 5.75 Å². The third-order valence-electron chi connectivity index (χ3n) is 2.50. The van der Waals surface area contributed by atoms with E-state index in [1.807, 2.05) is 0 Å². The van der Waals surface area contributed by atoms with Gasteiger partial charge in [-0.2, -0.15) is 0 Å². The molecule has 2 aromatic rings. The number of hydrogen-bond donors (Lipinski definition) is 1. The van der Waals surface area contributed by atoms with Gasteiger partial charge in [-0.3, -0.25) is 4.79 Å². The van der Waals surface area contributed by atoms with Crippen molar-refractivity contribution in [3.05, 3.63) is 39.7 Å². The fourth-order valence-electron chi connectivity index (χ4n) is 1.56. The third kappa shape index (κ3) is 1.48. The highest BCUT2D eigenvalue weighted by atomic mass is 16.4. The van der Waals surface area contributed by atoms with Gasteiger partial charge in [0.2, 0.25) is 0 Å². The normalized spacial score (nSPS) is 10.6. The summed E-state index contributed by atoms with van der Waals surface area (Å²) in [5, 5.41) is 10.1. The smallest absolute Gasteiger partial charge is 0.347 e. The second kappa shape index (κ2) is 3.48. The Hall–Kier alpha value is -2.10. The van der Waals surface area contributed by atoms with Gasteiger partial charge in [-0.25, -0.2) is 4.79 Å². The molecule has 0 saturated carbocycles. The number of carbonyl (C=O) groups excluding carboxylic acids is 1. The highest BCUT2D eigenvalue weighted by Gasteiger charge is 2.11. The maximum absolute atomic E-state index is 11.5. The molecule has 0 radical (unpaired) electrons. The average molecular weight is 218 g/mol. The number of fused-ring (bicyclic) bond motifs is 1. The van der Waals surface area contributed by atoms with Gasteiger partial charge >= 0.3 is 5.63 Å². The van der Waals surface area contributed by atoms with Crippen LogP contribution in [0.15, 0.2) is 27.4 Å². The monoisotopic (exact) mass is 218 g/mol. The average Bonchev–Trinajstić information content (AvgIpc) is 2.23. The van der Waals surface area contributed by atoms with Gasteiger partial charge in [0.25, 0.3) is 0 Å². The standard InChI is InChI=1S/C12H10O4/c1-6-10(14)4-3-8-5-9(7(2)13)12(15)16-11(6)8/h3-5,14H,1-2H3. The minimum atomic E-state index is -0.672. The Labute approximate surface area is 91.1 Å². The molecule has 1 N–H and O–H groups in total. The van der Waals surface area contributed by atoms with Gasteiger partial charge in [-0.05, 0) is 32.0 Å². The SMILES string of the molecule is CC(=O)c1cc2ccc(O)c(C)c2oc1=O. The molecule has 0 aliphatic heterocycles. The molecule has 4 nitrogen and oxygen atoms in total. The Bertz CT molecular complexity index is 637. The summed E-state index contributed by atoms with van der Waals surface area (Å²) in [7, 11) is 0. The Kier molecular flexibility index (Phi) is 2.27. The lowest BCUT2D eigenvalue weighted by molar-refractivity contribution is 0.101. The molecule has 82 valence electrons. The van der Waals surface area contributed by atoms with Gasteiger partial charge in [-0.1, -0.05) is 0 Å². The van der Waals surface area contributed by atoms with E-state index in [1.165, 1.54) is 19.1 Å². The van der Waals surface area contributed by atoms with Crippen molar-refractivity contribution >= 4 is 16.8 Å². The lowest BCUT2D eigenvalue weighted by atomic mass is 10.1. The molecular formula is C12H10O4. The van der Waals surface area contributed by atoms with Crippen LogP contribution in [0, 0.1) is 6.92 Å². The Morgan fingerprint density at radius 1 is 1.38 bits per heavy atom. The van der Waals surface area contributed by atoms with Crippen LogP contribution in [0.4, 0.5) is 0 Å². The molecule has 0 amide bonds. The van der Waals surface area contributed by atoms with Crippen LogP contribution in [0.25, 0.3) is 11.0 Å². The molecule has 16 heavy (non-hydrogen) atoms. The number of hydrogen-bond acceptors (Lipinski definition) is 4. The van der Waals surface area contributed by atoms with Crippen LogP contribution >= 0.6 is 0 Å². The van der Waals surface area contributed by atoms with E-state index < -0.39 is 5.63 Å². The molecular weight excluding hydrogens is 208 g/mol. The largest absolute Gasteiger partial charge is 0.508 e. The molecule has 2 rings (SSSR count). The number of benzene rings is 1. The summed E-state index contributed by atoms with van der Waals surface area (Å²) < 4.78 is 5.03. The van der Waals surface area contributed by atoms with E-state index in [2.05, 4.69) is 0 Å². The highest BCUT2D eigenvalue weighted by Crippen LogP contribution is 2.25. The minimum Gasteiger partial charge on any atom is -0.508 e. The van der Waals surface area contributed by atoms with Crippen molar-refractivity contribution < 1.29 is 14.3 Å². The number of aromatic hydroxyl groups is 1. The summed E-state index contributed by atoms with van der Waals surface area (Å²) >= 11 is 0. The summed E-state index contributed by atoms with van der Waals surface area (Å²) in [5.41, 5.74) is 0.158. The molecule has 0 aliphatic rings. The molecule has 0 bridgehead atoms. The molecule has 0 saturated heterocycles. The van der Waals surface area contributed by atoms with Gasteiger partial charge in [-0.15, -0.1) is 0 Å². The van der Waals surface area contributed by atoms with Crippen LogP contribution in [0.1, 0.15) is 22.8 Å². The van der Waals surface area contributed by atoms with Gasteiger partial charge < -0.3 is 9.52 Å². The van der Waals surface area contributed by atoms with Gasteiger partial charge in [0.05, 0.1) is 0 Å². The molecule has 0 fully saturated rings. The minimum absolute atomic E-state index is 0.0255. The first kappa shape index (κ1) is 10.4. The maximum Gasteiger partial charge on any atom is 0.347 e. The fraction of sp³-hybridized carbons (Fsp3) is 0.167. The fourth-order valence-corrected chi connectivity index (χ4v) is 1.56. The Balaban J connectivity index is 2.89. The number of ketones is 1. The molecule has 0 atom stereocenters. The van der Waals surface area contributed by atoms with Crippen molar-refractivity contribution in [2.24, 2.45) is 0 Å². The first-order chi connectivity index (χ1) is 7.50. The molecule has 1 aromatic carbocycles. The van der Waals surface area contributed by atoms with E-state index in [0.29, 0.717) is 16.5 Å². The van der Waals surface area contributed by atoms with Crippen LogP contribution in [0.2, 0.25) is 0 Å². The summed E-state index contributed by atoms with van der Waals surface area (Å²) in [4.78, 5) is 22.6. The van der Waals surface area contributed by atoms with Crippen LogP contribution in [0.3, 0.4) is 0 Å². The summed E-state index contributed by atoms with van der Waals surface area (Å²) in [5.74, 6) is -0.271. The van der Waals surface area contributed by atoms with E-state index in [-0.39, 0.29) is 17.1 Å². The number of carbonyl (C=O) groups is 1. The van der Waals surface area contributed by atoms with Gasteiger partial charge in [0, 0.05) is 10.9 Å². The van der Waals surface area contributed by atoms with Gasteiger partial charge in [0.15, 0.2) is 5.78 Å². The zero-order valence-electron chi connectivity index (χ0n) is 8.90. The maximum atomic E-state index is 11.5. The number of phenolic OH excluding ortho intramolecular Hbond substituents is 1. The lowest BCUT2D eigenvalue weighted by Gasteiger charge is -2.03. The van der Waals surface area contributed by atoms with E-state index in [4.69, 9.17) is 4.42 Å². The first-order valence-electron chi connectivity index (χ1n) is 4.78.